The number of nitrogens with zero attached hydrogens (tertiary/aromatic N) is 1. The Hall–Kier alpha value is -0.810. The Balaban J connectivity index is 1.83. The highest BCUT2D eigenvalue weighted by Crippen LogP contribution is 2.37. The average molecular weight is 343 g/mol. The molecule has 1 aromatic rings. The number of ether oxygens (including phenoxy) is 1. The number of hydrogen-bond acceptors (Lipinski definition) is 3. The molecule has 0 spiro atoms. The van der Waals surface area contributed by atoms with E-state index in [0.29, 0.717) is 23.1 Å². The molecule has 3 atom stereocenters. The maximum atomic E-state index is 12.8. The quantitative estimate of drug-likeness (QED) is 0.853. The molecule has 1 saturated heterocycles. The molecule has 1 amide bonds. The van der Waals surface area contributed by atoms with Crippen LogP contribution in [0.25, 0.3) is 0 Å². The second-order valence-electron chi connectivity index (χ2n) is 6.01. The number of rotatable bonds is 1. The Morgan fingerprint density at radius 1 is 1.32 bits per heavy atom. The molecule has 4 nitrogen and oxygen atoms in total. The van der Waals surface area contributed by atoms with Gasteiger partial charge >= 0.3 is 0 Å². The van der Waals surface area contributed by atoms with E-state index in [1.165, 1.54) is 0 Å². The molecular formula is C16H20Cl2N2O2. The third-order valence-electron chi connectivity index (χ3n) is 4.40. The second-order valence-corrected chi connectivity index (χ2v) is 6.86. The van der Waals surface area contributed by atoms with Gasteiger partial charge in [0.25, 0.3) is 5.91 Å². The van der Waals surface area contributed by atoms with Crippen LogP contribution in [0, 0.1) is 0 Å². The number of nitrogens with one attached hydrogen (secondary N) is 1. The predicted octanol–water partition coefficient (Wildman–Crippen LogP) is 2.82. The molecular weight excluding hydrogens is 323 g/mol. The first-order valence-electron chi connectivity index (χ1n) is 7.62. The zero-order valence-corrected chi connectivity index (χ0v) is 14.2. The predicted molar refractivity (Wildman–Crippen MR) is 87.5 cm³/mol. The van der Waals surface area contributed by atoms with Crippen molar-refractivity contribution >= 4 is 29.1 Å². The number of morpholine rings is 1. The van der Waals surface area contributed by atoms with Gasteiger partial charge in [0.05, 0.1) is 12.1 Å². The topological polar surface area (TPSA) is 41.6 Å². The molecule has 6 heteroatoms. The number of carbonyl (C=O) groups is 1. The van der Waals surface area contributed by atoms with Crippen molar-refractivity contribution in [3.8, 4) is 0 Å². The van der Waals surface area contributed by atoms with E-state index in [9.17, 15) is 4.79 Å². The monoisotopic (exact) mass is 342 g/mol. The normalized spacial score (nSPS) is 28.4. The summed E-state index contributed by atoms with van der Waals surface area (Å²) in [6.07, 6.45) is 0.401. The van der Waals surface area contributed by atoms with Crippen molar-refractivity contribution in [2.75, 3.05) is 19.6 Å². The fourth-order valence-corrected chi connectivity index (χ4v) is 4.02. The first-order chi connectivity index (χ1) is 10.5. The third-order valence-corrected chi connectivity index (χ3v) is 4.93. The molecule has 0 radical (unpaired) electrons. The highest BCUT2D eigenvalue weighted by molar-refractivity contribution is 6.35. The standard InChI is InChI=1S/C16H20Cl2N2O2/c1-9-7-19-8-14(22-9)16(21)20-4-3-11-5-12(17)6-13(18)15(11)10(20)2/h5-6,9-10,14,19H,3-4,7-8H2,1-2H3/t9-,10?,14-/m1/s1. The lowest BCUT2D eigenvalue weighted by atomic mass is 9.93. The lowest BCUT2D eigenvalue weighted by Gasteiger charge is -2.39. The average Bonchev–Trinajstić information content (AvgIpc) is 2.46. The zero-order valence-electron chi connectivity index (χ0n) is 12.7. The largest absolute Gasteiger partial charge is 0.363 e. The molecule has 1 aromatic carbocycles. The highest BCUT2D eigenvalue weighted by atomic mass is 35.5. The SMILES string of the molecule is CC1c2c(Cl)cc(Cl)cc2CCN1C(=O)[C@H]1CNC[C@@H](C)O1. The van der Waals surface area contributed by atoms with Gasteiger partial charge in [-0.25, -0.2) is 0 Å². The van der Waals surface area contributed by atoms with Crippen LogP contribution >= 0.6 is 23.2 Å². The molecule has 2 heterocycles. The molecule has 3 rings (SSSR count). The lowest BCUT2D eigenvalue weighted by Crippen LogP contribution is -2.53. The summed E-state index contributed by atoms with van der Waals surface area (Å²) in [6.45, 7) is 5.99. The Kier molecular flexibility index (Phi) is 4.64. The number of benzene rings is 1. The minimum atomic E-state index is -0.418. The van der Waals surface area contributed by atoms with Crippen molar-refractivity contribution in [3.63, 3.8) is 0 Å². The van der Waals surface area contributed by atoms with Crippen molar-refractivity contribution in [1.82, 2.24) is 10.2 Å². The number of fused-ring (bicyclic) bond motifs is 1. The van der Waals surface area contributed by atoms with Crippen LogP contribution in [0.3, 0.4) is 0 Å². The Bertz CT molecular complexity index is 594. The fourth-order valence-electron chi connectivity index (χ4n) is 3.33. The van der Waals surface area contributed by atoms with Gasteiger partial charge in [-0.3, -0.25) is 4.79 Å². The van der Waals surface area contributed by atoms with Gasteiger partial charge in [-0.15, -0.1) is 0 Å². The molecule has 1 N–H and O–H groups in total. The molecule has 120 valence electrons. The van der Waals surface area contributed by atoms with Crippen LogP contribution in [0.1, 0.15) is 31.0 Å². The highest BCUT2D eigenvalue weighted by Gasteiger charge is 2.35. The van der Waals surface area contributed by atoms with Crippen molar-refractivity contribution in [3.05, 3.63) is 33.3 Å². The molecule has 0 saturated carbocycles. The molecule has 2 aliphatic heterocycles. The molecule has 2 aliphatic rings. The van der Waals surface area contributed by atoms with Gasteiger partial charge in [-0.1, -0.05) is 23.2 Å². The minimum absolute atomic E-state index is 0.0308. The number of hydrogen-bond donors (Lipinski definition) is 1. The van der Waals surface area contributed by atoms with Gasteiger partial charge in [0.2, 0.25) is 0 Å². The van der Waals surface area contributed by atoms with E-state index in [4.69, 9.17) is 27.9 Å². The van der Waals surface area contributed by atoms with Crippen LogP contribution in [0.15, 0.2) is 12.1 Å². The van der Waals surface area contributed by atoms with Crippen LogP contribution in [0.4, 0.5) is 0 Å². The first kappa shape index (κ1) is 16.1. The minimum Gasteiger partial charge on any atom is -0.363 e. The number of halogens is 2. The van der Waals surface area contributed by atoms with Gasteiger partial charge in [0.15, 0.2) is 0 Å². The molecule has 0 bridgehead atoms. The number of carbonyl (C=O) groups excluding carboxylic acids is 1. The molecule has 22 heavy (non-hydrogen) atoms. The summed E-state index contributed by atoms with van der Waals surface area (Å²) in [4.78, 5) is 14.7. The van der Waals surface area contributed by atoms with Crippen LogP contribution in [0.2, 0.25) is 10.0 Å². The first-order valence-corrected chi connectivity index (χ1v) is 8.37. The Morgan fingerprint density at radius 3 is 2.82 bits per heavy atom. The summed E-state index contributed by atoms with van der Waals surface area (Å²) < 4.78 is 5.78. The number of amides is 1. The third kappa shape index (κ3) is 2.98. The Morgan fingerprint density at radius 2 is 2.09 bits per heavy atom. The second kappa shape index (κ2) is 6.36. The fraction of sp³-hybridized carbons (Fsp3) is 0.562. The summed E-state index contributed by atoms with van der Waals surface area (Å²) in [5.74, 6) is 0.0308. The molecule has 1 fully saturated rings. The zero-order chi connectivity index (χ0) is 15.9. The van der Waals surface area contributed by atoms with Crippen LogP contribution in [-0.2, 0) is 16.0 Å². The van der Waals surface area contributed by atoms with Gasteiger partial charge in [-0.05, 0) is 43.5 Å². The summed E-state index contributed by atoms with van der Waals surface area (Å²) in [7, 11) is 0. The van der Waals surface area contributed by atoms with E-state index in [-0.39, 0.29) is 18.1 Å². The smallest absolute Gasteiger partial charge is 0.253 e. The summed E-state index contributed by atoms with van der Waals surface area (Å²) in [5, 5.41) is 4.51. The summed E-state index contributed by atoms with van der Waals surface area (Å²) in [6, 6.07) is 3.62. The maximum absolute atomic E-state index is 12.8. The lowest BCUT2D eigenvalue weighted by molar-refractivity contribution is -0.152. The van der Waals surface area contributed by atoms with Gasteiger partial charge in [-0.2, -0.15) is 0 Å². The van der Waals surface area contributed by atoms with E-state index in [2.05, 4.69) is 5.32 Å². The Labute approximate surface area is 140 Å². The van der Waals surface area contributed by atoms with Crippen LogP contribution < -0.4 is 5.32 Å². The van der Waals surface area contributed by atoms with E-state index in [1.807, 2.05) is 24.8 Å². The van der Waals surface area contributed by atoms with Gasteiger partial charge < -0.3 is 15.0 Å². The van der Waals surface area contributed by atoms with Crippen molar-refractivity contribution in [2.45, 2.75) is 38.5 Å². The molecule has 0 aliphatic carbocycles. The van der Waals surface area contributed by atoms with E-state index < -0.39 is 6.10 Å². The van der Waals surface area contributed by atoms with Crippen molar-refractivity contribution < 1.29 is 9.53 Å². The maximum Gasteiger partial charge on any atom is 0.253 e. The summed E-state index contributed by atoms with van der Waals surface area (Å²) >= 11 is 12.4. The van der Waals surface area contributed by atoms with E-state index in [1.54, 1.807) is 6.07 Å². The van der Waals surface area contributed by atoms with Crippen molar-refractivity contribution in [1.29, 1.82) is 0 Å². The van der Waals surface area contributed by atoms with E-state index >= 15 is 0 Å². The van der Waals surface area contributed by atoms with Crippen LogP contribution in [0.5, 0.6) is 0 Å². The van der Waals surface area contributed by atoms with Gasteiger partial charge in [0, 0.05) is 29.7 Å². The van der Waals surface area contributed by atoms with Crippen molar-refractivity contribution in [2.24, 2.45) is 0 Å². The van der Waals surface area contributed by atoms with E-state index in [0.717, 1.165) is 24.1 Å². The molecule has 1 unspecified atom stereocenters. The van der Waals surface area contributed by atoms with Gasteiger partial charge in [0.1, 0.15) is 6.10 Å². The summed E-state index contributed by atoms with van der Waals surface area (Å²) in [5.41, 5.74) is 2.13. The van der Waals surface area contributed by atoms with Crippen LogP contribution in [-0.4, -0.2) is 42.6 Å². The molecule has 0 aromatic heterocycles.